The van der Waals surface area contributed by atoms with Crippen LogP contribution in [-0.2, 0) is 0 Å². The Morgan fingerprint density at radius 3 is 2.00 bits per heavy atom. The van der Waals surface area contributed by atoms with Gasteiger partial charge in [0, 0.05) is 31.3 Å². The summed E-state index contributed by atoms with van der Waals surface area (Å²) in [6, 6.07) is 33.7. The predicted molar refractivity (Wildman–Crippen MR) is 134 cm³/mol. The number of benzene rings is 4. The molecular weight excluding hydrogens is 410 g/mol. The van der Waals surface area contributed by atoms with Gasteiger partial charge in [0.1, 0.15) is 5.82 Å². The van der Waals surface area contributed by atoms with Crippen LogP contribution in [0.1, 0.15) is 5.82 Å². The van der Waals surface area contributed by atoms with Gasteiger partial charge in [0.2, 0.25) is 0 Å². The topological polar surface area (TPSA) is 38.7 Å². The number of nitrogens with zero attached hydrogens (tertiary/aromatic N) is 3. The highest BCUT2D eigenvalue weighted by atomic mass is 32.1. The molecule has 2 heterocycles. The second-order valence-corrected chi connectivity index (χ2v) is 8.87. The number of aromatic nitrogens is 3. The van der Waals surface area contributed by atoms with Crippen molar-refractivity contribution in [3.05, 3.63) is 103 Å². The van der Waals surface area contributed by atoms with Crippen LogP contribution in [0.5, 0.6) is 0 Å². The van der Waals surface area contributed by atoms with Crippen molar-refractivity contribution < 1.29 is 0 Å². The van der Waals surface area contributed by atoms with Crippen LogP contribution in [0, 0.1) is 6.92 Å². The van der Waals surface area contributed by atoms with Gasteiger partial charge >= 0.3 is 0 Å². The fourth-order valence-corrected chi connectivity index (χ4v) is 5.22. The Kier molecular flexibility index (Phi) is 4.51. The van der Waals surface area contributed by atoms with Gasteiger partial charge < -0.3 is 0 Å². The minimum absolute atomic E-state index is 0.696. The molecular formula is C28H19N3S. The van der Waals surface area contributed by atoms with E-state index < -0.39 is 0 Å². The van der Waals surface area contributed by atoms with Crippen LogP contribution in [0.3, 0.4) is 0 Å². The Morgan fingerprint density at radius 1 is 0.500 bits per heavy atom. The minimum Gasteiger partial charge on any atom is -0.213 e. The molecule has 6 aromatic rings. The molecule has 0 unspecified atom stereocenters. The number of rotatable bonds is 3. The fraction of sp³-hybridized carbons (Fsp3) is 0.0357. The van der Waals surface area contributed by atoms with Gasteiger partial charge in [0.15, 0.2) is 11.6 Å². The highest BCUT2D eigenvalue weighted by molar-refractivity contribution is 7.25. The third-order valence-electron chi connectivity index (χ3n) is 5.61. The van der Waals surface area contributed by atoms with Crippen molar-refractivity contribution in [1.82, 2.24) is 15.0 Å². The largest absolute Gasteiger partial charge is 0.213 e. The van der Waals surface area contributed by atoms with Crippen molar-refractivity contribution >= 4 is 31.5 Å². The van der Waals surface area contributed by atoms with Crippen LogP contribution in [0.2, 0.25) is 0 Å². The van der Waals surface area contributed by atoms with Crippen molar-refractivity contribution in [1.29, 1.82) is 0 Å². The summed E-state index contributed by atoms with van der Waals surface area (Å²) in [7, 11) is 0. The summed E-state index contributed by atoms with van der Waals surface area (Å²) in [5.74, 6) is 2.12. The SMILES string of the molecule is Cc1nc(-c2cccc(-c3ccccc3)c2)nc(-c2ccc3c(c2)sc2ccccc23)n1. The normalized spacial score (nSPS) is 11.3. The Morgan fingerprint density at radius 2 is 1.16 bits per heavy atom. The average molecular weight is 430 g/mol. The summed E-state index contributed by atoms with van der Waals surface area (Å²) in [4.78, 5) is 14.1. The second kappa shape index (κ2) is 7.66. The molecule has 4 aromatic carbocycles. The van der Waals surface area contributed by atoms with Crippen molar-refractivity contribution in [3.63, 3.8) is 0 Å². The first kappa shape index (κ1) is 18.8. The molecule has 0 saturated carbocycles. The summed E-state index contributed by atoms with van der Waals surface area (Å²) >= 11 is 1.80. The molecule has 0 atom stereocenters. The molecule has 4 heteroatoms. The van der Waals surface area contributed by atoms with Gasteiger partial charge in [-0.15, -0.1) is 11.3 Å². The maximum Gasteiger partial charge on any atom is 0.163 e. The van der Waals surface area contributed by atoms with Gasteiger partial charge in [0.25, 0.3) is 0 Å². The van der Waals surface area contributed by atoms with Gasteiger partial charge in [-0.3, -0.25) is 0 Å². The molecule has 0 bridgehead atoms. The molecule has 0 aliphatic rings. The summed E-state index contributed by atoms with van der Waals surface area (Å²) in [6.07, 6.45) is 0. The van der Waals surface area contributed by atoms with E-state index in [1.165, 1.54) is 25.7 Å². The lowest BCUT2D eigenvalue weighted by molar-refractivity contribution is 0.992. The lowest BCUT2D eigenvalue weighted by Crippen LogP contribution is -1.99. The number of thiophene rings is 1. The molecule has 2 aromatic heterocycles. The number of aryl methyl sites for hydroxylation is 1. The molecule has 152 valence electrons. The van der Waals surface area contributed by atoms with Crippen LogP contribution in [-0.4, -0.2) is 15.0 Å². The number of hydrogen-bond donors (Lipinski definition) is 0. The van der Waals surface area contributed by atoms with Crippen LogP contribution in [0.4, 0.5) is 0 Å². The van der Waals surface area contributed by atoms with Crippen molar-refractivity contribution in [2.45, 2.75) is 6.92 Å². The number of fused-ring (bicyclic) bond motifs is 3. The zero-order valence-electron chi connectivity index (χ0n) is 17.5. The summed E-state index contributed by atoms with van der Waals surface area (Å²) in [5, 5.41) is 2.57. The van der Waals surface area contributed by atoms with E-state index in [0.717, 1.165) is 16.7 Å². The van der Waals surface area contributed by atoms with E-state index in [0.29, 0.717) is 17.5 Å². The molecule has 0 aliphatic heterocycles. The van der Waals surface area contributed by atoms with E-state index in [9.17, 15) is 0 Å². The van der Waals surface area contributed by atoms with Gasteiger partial charge in [-0.05, 0) is 36.2 Å². The highest BCUT2D eigenvalue weighted by Crippen LogP contribution is 2.36. The highest BCUT2D eigenvalue weighted by Gasteiger charge is 2.12. The van der Waals surface area contributed by atoms with Crippen LogP contribution in [0.25, 0.3) is 54.1 Å². The van der Waals surface area contributed by atoms with Crippen molar-refractivity contribution in [2.24, 2.45) is 0 Å². The summed E-state index contributed by atoms with van der Waals surface area (Å²) in [6.45, 7) is 1.92. The first-order chi connectivity index (χ1) is 15.7. The molecule has 0 spiro atoms. The van der Waals surface area contributed by atoms with Gasteiger partial charge in [-0.2, -0.15) is 0 Å². The van der Waals surface area contributed by atoms with Gasteiger partial charge in [-0.25, -0.2) is 15.0 Å². The molecule has 0 N–H and O–H groups in total. The molecule has 0 fully saturated rings. The smallest absolute Gasteiger partial charge is 0.163 e. The quantitative estimate of drug-likeness (QED) is 0.291. The summed E-state index contributed by atoms with van der Waals surface area (Å²) in [5.41, 5.74) is 4.32. The standard InChI is InChI=1S/C28H19N3S/c1-18-29-27(21-11-7-10-20(16-21)19-8-3-2-4-9-19)31-28(30-18)22-14-15-24-23-12-5-6-13-25(23)32-26(24)17-22/h2-17H,1H3. The minimum atomic E-state index is 0.696. The zero-order chi connectivity index (χ0) is 21.5. The van der Waals surface area contributed by atoms with Crippen molar-refractivity contribution in [2.75, 3.05) is 0 Å². The third-order valence-corrected chi connectivity index (χ3v) is 6.75. The van der Waals surface area contributed by atoms with E-state index in [1.807, 2.05) is 13.0 Å². The average Bonchev–Trinajstić information content (AvgIpc) is 3.22. The molecule has 0 radical (unpaired) electrons. The van der Waals surface area contributed by atoms with Crippen LogP contribution >= 0.6 is 11.3 Å². The maximum absolute atomic E-state index is 4.85. The van der Waals surface area contributed by atoms with Gasteiger partial charge in [0.05, 0.1) is 0 Å². The number of hydrogen-bond acceptors (Lipinski definition) is 4. The second-order valence-electron chi connectivity index (χ2n) is 7.79. The predicted octanol–water partition coefficient (Wildman–Crippen LogP) is 7.55. The Labute approximate surface area is 190 Å². The Balaban J connectivity index is 1.45. The van der Waals surface area contributed by atoms with E-state index in [4.69, 9.17) is 4.98 Å². The Bertz CT molecular complexity index is 1590. The third kappa shape index (κ3) is 3.35. The van der Waals surface area contributed by atoms with Crippen LogP contribution in [0.15, 0.2) is 97.1 Å². The lowest BCUT2D eigenvalue weighted by atomic mass is 10.0. The molecule has 6 rings (SSSR count). The molecule has 0 aliphatic carbocycles. The van der Waals surface area contributed by atoms with Crippen LogP contribution < -0.4 is 0 Å². The fourth-order valence-electron chi connectivity index (χ4n) is 4.07. The van der Waals surface area contributed by atoms with Gasteiger partial charge in [-0.1, -0.05) is 78.9 Å². The lowest BCUT2D eigenvalue weighted by Gasteiger charge is -2.08. The van der Waals surface area contributed by atoms with E-state index in [-0.39, 0.29) is 0 Å². The van der Waals surface area contributed by atoms with E-state index >= 15 is 0 Å². The molecule has 32 heavy (non-hydrogen) atoms. The molecule has 0 amide bonds. The first-order valence-corrected chi connectivity index (χ1v) is 11.4. The van der Waals surface area contributed by atoms with E-state index in [2.05, 4.69) is 101 Å². The first-order valence-electron chi connectivity index (χ1n) is 10.5. The monoisotopic (exact) mass is 429 g/mol. The Hall–Kier alpha value is -3.89. The maximum atomic E-state index is 4.85. The molecule has 0 saturated heterocycles. The molecule has 3 nitrogen and oxygen atoms in total. The van der Waals surface area contributed by atoms with E-state index in [1.54, 1.807) is 11.3 Å². The zero-order valence-corrected chi connectivity index (χ0v) is 18.3. The van der Waals surface area contributed by atoms with Crippen molar-refractivity contribution in [3.8, 4) is 33.9 Å². The summed E-state index contributed by atoms with van der Waals surface area (Å²) < 4.78 is 2.54.